The third-order valence-electron chi connectivity index (χ3n) is 3.94. The van der Waals surface area contributed by atoms with E-state index in [0.29, 0.717) is 13.1 Å². The molecule has 7 nitrogen and oxygen atoms in total. The number of nitrogens with zero attached hydrogens (tertiary/aromatic N) is 4. The molecule has 3 aromatic rings. The average Bonchev–Trinajstić information content (AvgIpc) is 3.00. The number of nitrogens with one attached hydrogen (secondary N) is 2. The molecule has 124 valence electrons. The van der Waals surface area contributed by atoms with Crippen LogP contribution in [-0.4, -0.2) is 38.7 Å². The van der Waals surface area contributed by atoms with E-state index in [2.05, 4.69) is 25.7 Å². The number of carbonyl (C=O) groups excluding carboxylic acids is 1. The molecule has 0 aliphatic rings. The van der Waals surface area contributed by atoms with Crippen LogP contribution in [0.15, 0.2) is 42.9 Å². The molecule has 0 saturated carbocycles. The number of rotatable bonds is 6. The highest BCUT2D eigenvalue weighted by molar-refractivity contribution is 5.86. The Morgan fingerprint density at radius 3 is 2.79 bits per heavy atom. The van der Waals surface area contributed by atoms with Gasteiger partial charge in [-0.15, -0.1) is 0 Å². The maximum Gasteiger partial charge on any atom is 0.227 e. The molecule has 0 spiro atoms. The van der Waals surface area contributed by atoms with Crippen molar-refractivity contribution in [1.82, 2.24) is 25.1 Å². The number of benzene rings is 1. The first-order valence-electron chi connectivity index (χ1n) is 7.86. The minimum Gasteiger partial charge on any atom is -0.368 e. The van der Waals surface area contributed by atoms with Gasteiger partial charge < -0.3 is 10.6 Å². The van der Waals surface area contributed by atoms with Crippen molar-refractivity contribution in [1.29, 1.82) is 0 Å². The van der Waals surface area contributed by atoms with Gasteiger partial charge >= 0.3 is 0 Å². The van der Waals surface area contributed by atoms with E-state index in [4.69, 9.17) is 0 Å². The number of anilines is 1. The summed E-state index contributed by atoms with van der Waals surface area (Å²) in [6.07, 6.45) is 3.23. The molecule has 1 unspecified atom stereocenters. The van der Waals surface area contributed by atoms with E-state index in [1.54, 1.807) is 10.9 Å². The lowest BCUT2D eigenvalue weighted by atomic mass is 10.0. The highest BCUT2D eigenvalue weighted by Gasteiger charge is 2.14. The standard InChI is InChI=1S/C17H20N6O/c1-12(13-6-4-3-5-7-13)17(24)19-9-8-18-15-14-10-22-23(2)16(14)21-11-20-15/h3-7,10-12H,8-9H2,1-2H3,(H,19,24)(H,18,20,21). The lowest BCUT2D eigenvalue weighted by molar-refractivity contribution is -0.122. The van der Waals surface area contributed by atoms with Crippen LogP contribution in [-0.2, 0) is 11.8 Å². The van der Waals surface area contributed by atoms with Crippen LogP contribution in [0.25, 0.3) is 11.0 Å². The molecule has 2 aromatic heterocycles. The summed E-state index contributed by atoms with van der Waals surface area (Å²) in [7, 11) is 1.84. The number of fused-ring (bicyclic) bond motifs is 1. The van der Waals surface area contributed by atoms with Crippen molar-refractivity contribution in [3.05, 3.63) is 48.4 Å². The highest BCUT2D eigenvalue weighted by Crippen LogP contribution is 2.17. The number of carbonyl (C=O) groups is 1. The molecule has 2 N–H and O–H groups in total. The molecule has 7 heteroatoms. The van der Waals surface area contributed by atoms with E-state index in [0.717, 1.165) is 22.4 Å². The Morgan fingerprint density at radius 1 is 1.21 bits per heavy atom. The SMILES string of the molecule is CC(C(=O)NCCNc1ncnc2c1cnn2C)c1ccccc1. The molecule has 0 aliphatic carbocycles. The van der Waals surface area contributed by atoms with Crippen LogP contribution in [0.3, 0.4) is 0 Å². The summed E-state index contributed by atoms with van der Waals surface area (Å²) in [5.74, 6) is 0.561. The molecule has 2 heterocycles. The quantitative estimate of drug-likeness (QED) is 0.674. The summed E-state index contributed by atoms with van der Waals surface area (Å²) < 4.78 is 1.70. The van der Waals surface area contributed by atoms with Gasteiger partial charge in [0.2, 0.25) is 5.91 Å². The summed E-state index contributed by atoms with van der Waals surface area (Å²) in [6.45, 7) is 3.00. The zero-order chi connectivity index (χ0) is 16.9. The molecular formula is C17H20N6O. The Morgan fingerprint density at radius 2 is 2.00 bits per heavy atom. The van der Waals surface area contributed by atoms with Gasteiger partial charge in [0.05, 0.1) is 17.5 Å². The zero-order valence-electron chi connectivity index (χ0n) is 13.7. The van der Waals surface area contributed by atoms with E-state index < -0.39 is 0 Å². The summed E-state index contributed by atoms with van der Waals surface area (Å²) in [6, 6.07) is 9.74. The maximum atomic E-state index is 12.2. The van der Waals surface area contributed by atoms with E-state index in [1.807, 2.05) is 44.3 Å². The zero-order valence-corrected chi connectivity index (χ0v) is 13.7. The monoisotopic (exact) mass is 324 g/mol. The number of hydrogen-bond acceptors (Lipinski definition) is 5. The number of aryl methyl sites for hydroxylation is 1. The molecule has 1 atom stereocenters. The van der Waals surface area contributed by atoms with Gasteiger partial charge in [0, 0.05) is 20.1 Å². The predicted octanol–water partition coefficient (Wildman–Crippen LogP) is 1.70. The highest BCUT2D eigenvalue weighted by atomic mass is 16.1. The Balaban J connectivity index is 1.52. The molecule has 3 rings (SSSR count). The third kappa shape index (κ3) is 3.34. The van der Waals surface area contributed by atoms with Gasteiger partial charge in [-0.2, -0.15) is 5.10 Å². The Bertz CT molecular complexity index is 829. The minimum absolute atomic E-state index is 0.0113. The summed E-state index contributed by atoms with van der Waals surface area (Å²) in [5.41, 5.74) is 1.78. The average molecular weight is 324 g/mol. The lowest BCUT2D eigenvalue weighted by Gasteiger charge is -2.13. The van der Waals surface area contributed by atoms with E-state index >= 15 is 0 Å². The van der Waals surface area contributed by atoms with Crippen LogP contribution in [0.2, 0.25) is 0 Å². The second kappa shape index (κ2) is 7.08. The molecule has 0 saturated heterocycles. The number of amides is 1. The molecule has 1 amide bonds. The Kier molecular flexibility index (Phi) is 4.69. The van der Waals surface area contributed by atoms with Gasteiger partial charge in [-0.05, 0) is 12.5 Å². The summed E-state index contributed by atoms with van der Waals surface area (Å²) in [4.78, 5) is 20.6. The van der Waals surface area contributed by atoms with Crippen molar-refractivity contribution in [2.24, 2.45) is 7.05 Å². The van der Waals surface area contributed by atoms with Crippen molar-refractivity contribution < 1.29 is 4.79 Å². The van der Waals surface area contributed by atoms with Gasteiger partial charge in [-0.25, -0.2) is 9.97 Å². The minimum atomic E-state index is -0.171. The molecule has 0 aliphatic heterocycles. The molecule has 0 radical (unpaired) electrons. The lowest BCUT2D eigenvalue weighted by Crippen LogP contribution is -2.32. The summed E-state index contributed by atoms with van der Waals surface area (Å²) >= 11 is 0. The second-order valence-corrected chi connectivity index (χ2v) is 5.58. The van der Waals surface area contributed by atoms with Gasteiger partial charge in [0.25, 0.3) is 0 Å². The molecule has 24 heavy (non-hydrogen) atoms. The van der Waals surface area contributed by atoms with Crippen molar-refractivity contribution >= 4 is 22.8 Å². The summed E-state index contributed by atoms with van der Waals surface area (Å²) in [5, 5.41) is 11.2. The smallest absolute Gasteiger partial charge is 0.227 e. The first-order chi connectivity index (χ1) is 11.7. The van der Waals surface area contributed by atoms with E-state index in [1.165, 1.54) is 6.33 Å². The van der Waals surface area contributed by atoms with Crippen LogP contribution in [0.1, 0.15) is 18.4 Å². The topological polar surface area (TPSA) is 84.7 Å². The van der Waals surface area contributed by atoms with Gasteiger partial charge in [-0.1, -0.05) is 30.3 Å². The first-order valence-corrected chi connectivity index (χ1v) is 7.86. The van der Waals surface area contributed by atoms with Crippen molar-refractivity contribution in [2.75, 3.05) is 18.4 Å². The van der Waals surface area contributed by atoms with Gasteiger partial charge in [0.1, 0.15) is 12.1 Å². The number of hydrogen-bond donors (Lipinski definition) is 2. The van der Waals surface area contributed by atoms with Crippen LogP contribution in [0.4, 0.5) is 5.82 Å². The van der Waals surface area contributed by atoms with Crippen LogP contribution in [0, 0.1) is 0 Å². The Labute approximate surface area is 140 Å². The van der Waals surface area contributed by atoms with E-state index in [9.17, 15) is 4.79 Å². The van der Waals surface area contributed by atoms with Crippen LogP contribution < -0.4 is 10.6 Å². The largest absolute Gasteiger partial charge is 0.368 e. The molecule has 0 bridgehead atoms. The maximum absolute atomic E-state index is 12.2. The fourth-order valence-electron chi connectivity index (χ4n) is 2.52. The fraction of sp³-hybridized carbons (Fsp3) is 0.294. The first kappa shape index (κ1) is 15.9. The van der Waals surface area contributed by atoms with Crippen LogP contribution in [0.5, 0.6) is 0 Å². The van der Waals surface area contributed by atoms with Gasteiger partial charge in [-0.3, -0.25) is 9.48 Å². The van der Waals surface area contributed by atoms with Crippen molar-refractivity contribution in [2.45, 2.75) is 12.8 Å². The van der Waals surface area contributed by atoms with Crippen molar-refractivity contribution in [3.63, 3.8) is 0 Å². The fourth-order valence-corrected chi connectivity index (χ4v) is 2.52. The predicted molar refractivity (Wildman–Crippen MR) is 92.7 cm³/mol. The van der Waals surface area contributed by atoms with Crippen LogP contribution >= 0.6 is 0 Å². The van der Waals surface area contributed by atoms with Crippen molar-refractivity contribution in [3.8, 4) is 0 Å². The molecule has 1 aromatic carbocycles. The van der Waals surface area contributed by atoms with Gasteiger partial charge in [0.15, 0.2) is 5.65 Å². The second-order valence-electron chi connectivity index (χ2n) is 5.58. The molecular weight excluding hydrogens is 304 g/mol. The Hall–Kier alpha value is -2.96. The van der Waals surface area contributed by atoms with E-state index in [-0.39, 0.29) is 11.8 Å². The third-order valence-corrected chi connectivity index (χ3v) is 3.94. The normalized spacial score (nSPS) is 12.1. The number of aromatic nitrogens is 4. The molecule has 0 fully saturated rings.